The second-order valence-electron chi connectivity index (χ2n) is 9.69. The van der Waals surface area contributed by atoms with Crippen LogP contribution in [0.3, 0.4) is 0 Å². The Morgan fingerprint density at radius 3 is 2.52 bits per heavy atom. The zero-order valence-corrected chi connectivity index (χ0v) is 23.5. The molecular weight excluding hydrogens is 597 g/mol. The number of hydrogen-bond acceptors (Lipinski definition) is 7. The molecule has 0 saturated heterocycles. The van der Waals surface area contributed by atoms with Gasteiger partial charge in [-0.25, -0.2) is 31.3 Å². The maximum absolute atomic E-state index is 14.9. The molecule has 0 aliphatic rings. The number of nitrogens with two attached hydrogens (primary N) is 1. The first-order valence-corrected chi connectivity index (χ1v) is 14.4. The molecule has 0 radical (unpaired) electrons. The zero-order chi connectivity index (χ0) is 31.2. The Morgan fingerprint density at radius 1 is 0.977 bits per heavy atom. The number of hydrogen-bond donors (Lipinski definition) is 3. The standard InChI is InChI=1S/C30H21F3N6O4S/c1-16-9-28(43-27-8-3-2-7-21(27)32)35-15-26(16)39-30(34)20(14-36-39)29(40)25-11-17-10-22(33)24(13-23(17)37-25)38-44(41,42)19-6-4-5-18(31)12-19/h2-15,37-38H,34H2,1H3. The van der Waals surface area contributed by atoms with Crippen LogP contribution in [-0.2, 0) is 10.0 Å². The highest BCUT2D eigenvalue weighted by Gasteiger charge is 2.23. The van der Waals surface area contributed by atoms with Gasteiger partial charge in [0.25, 0.3) is 10.0 Å². The molecule has 6 rings (SSSR count). The van der Waals surface area contributed by atoms with E-state index in [1.807, 2.05) is 0 Å². The molecule has 0 aliphatic carbocycles. The van der Waals surface area contributed by atoms with E-state index in [1.165, 1.54) is 59.5 Å². The van der Waals surface area contributed by atoms with Crippen molar-refractivity contribution in [3.8, 4) is 17.3 Å². The Hall–Kier alpha value is -5.63. The molecule has 10 nitrogen and oxygen atoms in total. The van der Waals surface area contributed by atoms with Gasteiger partial charge in [-0.2, -0.15) is 5.10 Å². The fraction of sp³-hybridized carbons (Fsp3) is 0.0333. The molecule has 222 valence electrons. The summed E-state index contributed by atoms with van der Waals surface area (Å²) in [6.07, 6.45) is 2.69. The monoisotopic (exact) mass is 618 g/mol. The SMILES string of the molecule is Cc1cc(Oc2ccccc2F)ncc1-n1ncc(C(=O)c2cc3cc(F)c(NS(=O)(=O)c4cccc(F)c4)cc3[nH]2)c1N. The summed E-state index contributed by atoms with van der Waals surface area (Å²) in [6.45, 7) is 1.74. The number of H-pyrrole nitrogens is 1. The van der Waals surface area contributed by atoms with Crippen molar-refractivity contribution in [2.45, 2.75) is 11.8 Å². The molecule has 3 aromatic heterocycles. The first kappa shape index (κ1) is 28.5. The second kappa shape index (κ2) is 10.9. The molecular formula is C30H21F3N6O4S. The summed E-state index contributed by atoms with van der Waals surface area (Å²) < 4.78 is 76.7. The number of benzene rings is 3. The van der Waals surface area contributed by atoms with Gasteiger partial charge < -0.3 is 15.5 Å². The Morgan fingerprint density at radius 2 is 1.77 bits per heavy atom. The minimum Gasteiger partial charge on any atom is -0.436 e. The number of nitrogen functional groups attached to an aromatic ring is 1. The molecule has 0 spiro atoms. The topological polar surface area (TPSA) is 145 Å². The van der Waals surface area contributed by atoms with E-state index in [0.717, 1.165) is 18.2 Å². The second-order valence-corrected chi connectivity index (χ2v) is 11.4. The fourth-order valence-corrected chi connectivity index (χ4v) is 5.59. The highest BCUT2D eigenvalue weighted by Crippen LogP contribution is 2.29. The van der Waals surface area contributed by atoms with E-state index in [2.05, 4.69) is 19.8 Å². The van der Waals surface area contributed by atoms with Gasteiger partial charge in [0.2, 0.25) is 11.7 Å². The Kier molecular flexibility index (Phi) is 7.05. The summed E-state index contributed by atoms with van der Waals surface area (Å²) in [5, 5.41) is 4.52. The molecule has 6 aromatic rings. The summed E-state index contributed by atoms with van der Waals surface area (Å²) >= 11 is 0. The number of carbonyl (C=O) groups is 1. The van der Waals surface area contributed by atoms with E-state index in [9.17, 15) is 26.4 Å². The van der Waals surface area contributed by atoms with E-state index in [-0.39, 0.29) is 44.5 Å². The van der Waals surface area contributed by atoms with Gasteiger partial charge in [0.05, 0.1) is 39.9 Å². The summed E-state index contributed by atoms with van der Waals surface area (Å²) in [6, 6.07) is 15.4. The largest absolute Gasteiger partial charge is 0.436 e. The average molecular weight is 619 g/mol. The van der Waals surface area contributed by atoms with E-state index >= 15 is 0 Å². The molecule has 0 saturated carbocycles. The molecule has 44 heavy (non-hydrogen) atoms. The molecule has 0 unspecified atom stereocenters. The number of pyridine rings is 1. The van der Waals surface area contributed by atoms with E-state index < -0.39 is 38.9 Å². The van der Waals surface area contributed by atoms with Gasteiger partial charge in [-0.1, -0.05) is 18.2 Å². The number of halogens is 3. The number of fused-ring (bicyclic) bond motifs is 1. The molecule has 4 N–H and O–H groups in total. The van der Waals surface area contributed by atoms with Crippen LogP contribution in [0.2, 0.25) is 0 Å². The lowest BCUT2D eigenvalue weighted by molar-refractivity contribution is 0.103. The first-order valence-electron chi connectivity index (χ1n) is 12.9. The predicted octanol–water partition coefficient (Wildman–Crippen LogP) is 5.88. The van der Waals surface area contributed by atoms with Crippen LogP contribution < -0.4 is 15.2 Å². The third-order valence-corrected chi connectivity index (χ3v) is 8.06. The molecule has 0 bridgehead atoms. The highest BCUT2D eigenvalue weighted by molar-refractivity contribution is 7.92. The minimum atomic E-state index is -4.30. The molecule has 3 heterocycles. The molecule has 0 amide bonds. The van der Waals surface area contributed by atoms with Crippen LogP contribution in [0.5, 0.6) is 11.6 Å². The summed E-state index contributed by atoms with van der Waals surface area (Å²) in [7, 11) is -4.30. The van der Waals surface area contributed by atoms with Crippen LogP contribution in [0, 0.1) is 24.4 Å². The van der Waals surface area contributed by atoms with Crippen LogP contribution in [0.25, 0.3) is 16.6 Å². The molecule has 0 aliphatic heterocycles. The number of ketones is 1. The number of rotatable bonds is 8. The van der Waals surface area contributed by atoms with Crippen molar-refractivity contribution in [1.29, 1.82) is 0 Å². The zero-order valence-electron chi connectivity index (χ0n) is 22.7. The lowest BCUT2D eigenvalue weighted by Gasteiger charge is -2.11. The van der Waals surface area contributed by atoms with Crippen LogP contribution in [0.1, 0.15) is 21.6 Å². The van der Waals surface area contributed by atoms with Crippen molar-refractivity contribution in [3.05, 3.63) is 119 Å². The van der Waals surface area contributed by atoms with Gasteiger partial charge >= 0.3 is 0 Å². The van der Waals surface area contributed by atoms with Gasteiger partial charge in [-0.05, 0) is 61.0 Å². The number of ether oxygens (including phenoxy) is 1. The van der Waals surface area contributed by atoms with Crippen molar-refractivity contribution in [1.82, 2.24) is 19.7 Å². The third kappa shape index (κ3) is 5.33. The van der Waals surface area contributed by atoms with Gasteiger partial charge in [0.1, 0.15) is 17.5 Å². The van der Waals surface area contributed by atoms with Crippen molar-refractivity contribution < 1.29 is 31.1 Å². The van der Waals surface area contributed by atoms with Crippen LogP contribution >= 0.6 is 0 Å². The molecule has 14 heteroatoms. The van der Waals surface area contributed by atoms with Gasteiger partial charge in [0.15, 0.2) is 11.6 Å². The normalized spacial score (nSPS) is 11.5. The predicted molar refractivity (Wildman–Crippen MR) is 156 cm³/mol. The number of nitrogens with one attached hydrogen (secondary N) is 2. The Bertz CT molecular complexity index is 2200. The van der Waals surface area contributed by atoms with Crippen molar-refractivity contribution in [2.75, 3.05) is 10.5 Å². The van der Waals surface area contributed by atoms with E-state index in [0.29, 0.717) is 11.3 Å². The maximum Gasteiger partial charge on any atom is 0.262 e. The van der Waals surface area contributed by atoms with Crippen molar-refractivity contribution in [3.63, 3.8) is 0 Å². The Labute approximate surface area is 248 Å². The Balaban J connectivity index is 1.26. The van der Waals surface area contributed by atoms with Gasteiger partial charge in [-0.15, -0.1) is 0 Å². The smallest absolute Gasteiger partial charge is 0.262 e. The van der Waals surface area contributed by atoms with Crippen LogP contribution in [0.4, 0.5) is 24.7 Å². The highest BCUT2D eigenvalue weighted by atomic mass is 32.2. The minimum absolute atomic E-state index is 0.00366. The number of aromatic amines is 1. The molecule has 0 fully saturated rings. The van der Waals surface area contributed by atoms with Crippen LogP contribution in [-0.4, -0.2) is 33.9 Å². The number of anilines is 2. The number of para-hydroxylation sites is 1. The fourth-order valence-electron chi connectivity index (χ4n) is 4.50. The number of aryl methyl sites for hydroxylation is 1. The molecule has 3 aromatic carbocycles. The average Bonchev–Trinajstić information content (AvgIpc) is 3.57. The van der Waals surface area contributed by atoms with E-state index in [1.54, 1.807) is 19.1 Å². The van der Waals surface area contributed by atoms with Crippen LogP contribution in [0.15, 0.2) is 90.1 Å². The van der Waals surface area contributed by atoms with E-state index in [4.69, 9.17) is 10.5 Å². The number of nitrogens with zero attached hydrogens (tertiary/aromatic N) is 3. The maximum atomic E-state index is 14.9. The number of carbonyl (C=O) groups excluding carboxylic acids is 1. The summed E-state index contributed by atoms with van der Waals surface area (Å²) in [4.78, 5) is 20.1. The quantitative estimate of drug-likeness (QED) is 0.181. The lowest BCUT2D eigenvalue weighted by atomic mass is 10.1. The number of aromatic nitrogens is 4. The van der Waals surface area contributed by atoms with Crippen molar-refractivity contribution in [2.24, 2.45) is 0 Å². The molecule has 0 atom stereocenters. The van der Waals surface area contributed by atoms with Gasteiger partial charge in [0, 0.05) is 17.0 Å². The summed E-state index contributed by atoms with van der Waals surface area (Å²) in [5.41, 5.74) is 7.29. The number of sulfonamides is 1. The first-order chi connectivity index (χ1) is 21.0. The van der Waals surface area contributed by atoms with Crippen molar-refractivity contribution >= 4 is 38.2 Å². The lowest BCUT2D eigenvalue weighted by Crippen LogP contribution is -2.14. The summed E-state index contributed by atoms with van der Waals surface area (Å²) in [5.74, 6) is -2.64. The third-order valence-electron chi connectivity index (χ3n) is 6.69. The van der Waals surface area contributed by atoms with Gasteiger partial charge in [-0.3, -0.25) is 9.52 Å².